The van der Waals surface area contributed by atoms with Crippen molar-refractivity contribution in [2.75, 3.05) is 0 Å². The molecule has 1 aliphatic rings. The summed E-state index contributed by atoms with van der Waals surface area (Å²) in [5.41, 5.74) is 7.53. The first-order valence-electron chi connectivity index (χ1n) is 7.65. The van der Waals surface area contributed by atoms with Crippen LogP contribution in [0.2, 0.25) is 0 Å². The van der Waals surface area contributed by atoms with Crippen LogP contribution in [-0.4, -0.2) is 0 Å². The van der Waals surface area contributed by atoms with E-state index in [0.29, 0.717) is 0 Å². The summed E-state index contributed by atoms with van der Waals surface area (Å²) in [4.78, 5) is 0. The van der Waals surface area contributed by atoms with E-state index in [1.165, 1.54) is 33.4 Å². The summed E-state index contributed by atoms with van der Waals surface area (Å²) in [6.07, 6.45) is 6.68. The molecular formula is C22H15Br. The lowest BCUT2D eigenvalue weighted by molar-refractivity contribution is 1.53. The highest BCUT2D eigenvalue weighted by Gasteiger charge is 2.14. The first kappa shape index (κ1) is 14.2. The second kappa shape index (κ2) is 6.02. The van der Waals surface area contributed by atoms with Gasteiger partial charge in [0.1, 0.15) is 0 Å². The van der Waals surface area contributed by atoms with E-state index in [4.69, 9.17) is 0 Å². The fourth-order valence-corrected chi connectivity index (χ4v) is 3.25. The second-order valence-electron chi connectivity index (χ2n) is 5.62. The SMILES string of the molecule is Brc1ccc(C=C2c3ccccc3C=Cc3ccccc32)cc1. The van der Waals surface area contributed by atoms with Crippen LogP contribution in [-0.2, 0) is 0 Å². The Labute approximate surface area is 144 Å². The summed E-state index contributed by atoms with van der Waals surface area (Å²) in [6.45, 7) is 0. The van der Waals surface area contributed by atoms with Gasteiger partial charge < -0.3 is 0 Å². The van der Waals surface area contributed by atoms with Gasteiger partial charge in [-0.1, -0.05) is 88.7 Å². The van der Waals surface area contributed by atoms with Crippen molar-refractivity contribution < 1.29 is 0 Å². The molecule has 0 N–H and O–H groups in total. The Kier molecular flexibility index (Phi) is 3.72. The molecule has 0 heterocycles. The molecule has 1 heteroatoms. The van der Waals surface area contributed by atoms with Crippen LogP contribution in [0, 0.1) is 0 Å². The number of rotatable bonds is 1. The first-order valence-corrected chi connectivity index (χ1v) is 8.45. The summed E-state index contributed by atoms with van der Waals surface area (Å²) in [7, 11) is 0. The van der Waals surface area contributed by atoms with Gasteiger partial charge in [0.2, 0.25) is 0 Å². The highest BCUT2D eigenvalue weighted by molar-refractivity contribution is 9.10. The Balaban J connectivity index is 1.97. The van der Waals surface area contributed by atoms with E-state index in [2.05, 4.69) is 107 Å². The molecule has 4 rings (SSSR count). The van der Waals surface area contributed by atoms with Crippen molar-refractivity contribution in [2.45, 2.75) is 0 Å². The first-order chi connectivity index (χ1) is 11.3. The quantitative estimate of drug-likeness (QED) is 0.363. The van der Waals surface area contributed by atoms with Gasteiger partial charge in [-0.3, -0.25) is 0 Å². The standard InChI is InChI=1S/C22H15Br/c23-19-13-9-16(10-14-19)15-22-20-7-3-1-5-17(20)11-12-18-6-2-4-8-21(18)22/h1-15H. The summed E-state index contributed by atoms with van der Waals surface area (Å²) >= 11 is 3.50. The number of hydrogen-bond donors (Lipinski definition) is 0. The molecule has 110 valence electrons. The van der Waals surface area contributed by atoms with Gasteiger partial charge in [-0.2, -0.15) is 0 Å². The van der Waals surface area contributed by atoms with Crippen LogP contribution in [0.25, 0.3) is 23.8 Å². The lowest BCUT2D eigenvalue weighted by atomic mass is 9.92. The highest BCUT2D eigenvalue weighted by atomic mass is 79.9. The van der Waals surface area contributed by atoms with Gasteiger partial charge in [0.05, 0.1) is 0 Å². The van der Waals surface area contributed by atoms with Gasteiger partial charge in [0.15, 0.2) is 0 Å². The fraction of sp³-hybridized carbons (Fsp3) is 0. The maximum absolute atomic E-state index is 3.50. The third-order valence-electron chi connectivity index (χ3n) is 4.13. The van der Waals surface area contributed by atoms with Crippen molar-refractivity contribution in [3.8, 4) is 0 Å². The molecule has 0 unspecified atom stereocenters. The van der Waals surface area contributed by atoms with E-state index in [9.17, 15) is 0 Å². The van der Waals surface area contributed by atoms with Crippen molar-refractivity contribution in [1.82, 2.24) is 0 Å². The molecule has 0 amide bonds. The molecule has 0 atom stereocenters. The highest BCUT2D eigenvalue weighted by Crippen LogP contribution is 2.35. The summed E-state index contributed by atoms with van der Waals surface area (Å²) in [6, 6.07) is 25.6. The fourth-order valence-electron chi connectivity index (χ4n) is 2.98. The van der Waals surface area contributed by atoms with E-state index in [1.54, 1.807) is 0 Å². The molecule has 0 aliphatic heterocycles. The molecule has 0 aromatic heterocycles. The summed E-state index contributed by atoms with van der Waals surface area (Å²) in [5, 5.41) is 0. The molecule has 0 radical (unpaired) electrons. The Hall–Kier alpha value is -2.38. The van der Waals surface area contributed by atoms with Gasteiger partial charge in [-0.25, -0.2) is 0 Å². The van der Waals surface area contributed by atoms with Crippen LogP contribution in [0.3, 0.4) is 0 Å². The molecule has 0 spiro atoms. The van der Waals surface area contributed by atoms with E-state index in [-0.39, 0.29) is 0 Å². The van der Waals surface area contributed by atoms with Crippen molar-refractivity contribution in [1.29, 1.82) is 0 Å². The Bertz CT molecular complexity index is 863. The third-order valence-corrected chi connectivity index (χ3v) is 4.65. The normalized spacial score (nSPS) is 12.3. The summed E-state index contributed by atoms with van der Waals surface area (Å²) < 4.78 is 1.10. The molecule has 0 bridgehead atoms. The molecule has 3 aromatic carbocycles. The van der Waals surface area contributed by atoms with Crippen molar-refractivity contribution in [3.05, 3.63) is 105 Å². The number of fused-ring (bicyclic) bond motifs is 2. The minimum absolute atomic E-state index is 1.10. The van der Waals surface area contributed by atoms with Gasteiger partial charge >= 0.3 is 0 Å². The average Bonchev–Trinajstić information content (AvgIpc) is 2.75. The molecule has 23 heavy (non-hydrogen) atoms. The van der Waals surface area contributed by atoms with Crippen LogP contribution >= 0.6 is 15.9 Å². The molecule has 0 nitrogen and oxygen atoms in total. The lowest BCUT2D eigenvalue weighted by Gasteiger charge is -2.12. The predicted octanol–water partition coefficient (Wildman–Crippen LogP) is 6.52. The van der Waals surface area contributed by atoms with Gasteiger partial charge in [-0.05, 0) is 51.6 Å². The zero-order valence-corrected chi connectivity index (χ0v) is 14.1. The monoisotopic (exact) mass is 358 g/mol. The Morgan fingerprint density at radius 2 is 1.13 bits per heavy atom. The van der Waals surface area contributed by atoms with Gasteiger partial charge in [0.25, 0.3) is 0 Å². The van der Waals surface area contributed by atoms with Gasteiger partial charge in [0, 0.05) is 4.47 Å². The van der Waals surface area contributed by atoms with Crippen LogP contribution in [0.1, 0.15) is 27.8 Å². The zero-order valence-electron chi connectivity index (χ0n) is 12.5. The average molecular weight is 359 g/mol. The predicted molar refractivity (Wildman–Crippen MR) is 103 cm³/mol. The minimum Gasteiger partial charge on any atom is -0.0616 e. The second-order valence-corrected chi connectivity index (χ2v) is 6.53. The number of benzene rings is 3. The van der Waals surface area contributed by atoms with Gasteiger partial charge in [-0.15, -0.1) is 0 Å². The smallest absolute Gasteiger partial charge is 0.0175 e. The van der Waals surface area contributed by atoms with E-state index >= 15 is 0 Å². The maximum atomic E-state index is 3.50. The van der Waals surface area contributed by atoms with E-state index in [0.717, 1.165) is 4.47 Å². The van der Waals surface area contributed by atoms with Crippen molar-refractivity contribution in [3.63, 3.8) is 0 Å². The number of halogens is 1. The minimum atomic E-state index is 1.10. The largest absolute Gasteiger partial charge is 0.0616 e. The molecular weight excluding hydrogens is 344 g/mol. The maximum Gasteiger partial charge on any atom is 0.0175 e. The molecule has 3 aromatic rings. The number of hydrogen-bond acceptors (Lipinski definition) is 0. The van der Waals surface area contributed by atoms with E-state index < -0.39 is 0 Å². The molecule has 0 saturated heterocycles. The van der Waals surface area contributed by atoms with Crippen molar-refractivity contribution in [2.24, 2.45) is 0 Å². The summed E-state index contributed by atoms with van der Waals surface area (Å²) in [5.74, 6) is 0. The third kappa shape index (κ3) is 2.80. The Morgan fingerprint density at radius 1 is 0.609 bits per heavy atom. The Morgan fingerprint density at radius 3 is 1.70 bits per heavy atom. The zero-order chi connectivity index (χ0) is 15.6. The topological polar surface area (TPSA) is 0 Å². The molecule has 1 aliphatic carbocycles. The van der Waals surface area contributed by atoms with Crippen LogP contribution in [0.5, 0.6) is 0 Å². The van der Waals surface area contributed by atoms with E-state index in [1.807, 2.05) is 0 Å². The van der Waals surface area contributed by atoms with Crippen molar-refractivity contribution >= 4 is 39.7 Å². The van der Waals surface area contributed by atoms with Crippen LogP contribution < -0.4 is 0 Å². The molecule has 0 fully saturated rings. The van der Waals surface area contributed by atoms with Crippen LogP contribution in [0.4, 0.5) is 0 Å². The molecule has 0 saturated carbocycles. The van der Waals surface area contributed by atoms with Crippen LogP contribution in [0.15, 0.2) is 77.3 Å². The lowest BCUT2D eigenvalue weighted by Crippen LogP contribution is -1.92.